The first kappa shape index (κ1) is 15.9. The molecule has 116 valence electrons. The van der Waals surface area contributed by atoms with Gasteiger partial charge in [-0.15, -0.1) is 0 Å². The number of anilines is 1. The van der Waals surface area contributed by atoms with Gasteiger partial charge in [-0.2, -0.15) is 0 Å². The van der Waals surface area contributed by atoms with E-state index in [9.17, 15) is 0 Å². The van der Waals surface area contributed by atoms with Crippen LogP contribution in [0.3, 0.4) is 0 Å². The van der Waals surface area contributed by atoms with Crippen molar-refractivity contribution in [1.29, 1.82) is 0 Å². The maximum Gasteiger partial charge on any atom is 0.222 e. The number of likely N-dealkylation sites (tertiary alicyclic amines) is 1. The molecule has 1 fully saturated rings. The lowest BCUT2D eigenvalue weighted by molar-refractivity contribution is 0.211. The Morgan fingerprint density at radius 3 is 2.27 bits per heavy atom. The Morgan fingerprint density at radius 1 is 1.00 bits per heavy atom. The summed E-state index contributed by atoms with van der Waals surface area (Å²) in [5.74, 6) is 0.717. The lowest BCUT2D eigenvalue weighted by Crippen LogP contribution is -2.38. The number of nitrogens with zero attached hydrogens (tertiary/aromatic N) is 3. The molecule has 0 aliphatic carbocycles. The number of aromatic nitrogens is 2. The second-order valence-electron chi connectivity index (χ2n) is 5.55. The highest BCUT2D eigenvalue weighted by molar-refractivity contribution is 9.10. The molecular formula is C16H18Br2N4. The zero-order chi connectivity index (χ0) is 15.4. The summed E-state index contributed by atoms with van der Waals surface area (Å²) in [5, 5.41) is 3.42. The van der Waals surface area contributed by atoms with Gasteiger partial charge >= 0.3 is 0 Å². The van der Waals surface area contributed by atoms with Gasteiger partial charge in [0, 0.05) is 42.5 Å². The third-order valence-corrected chi connectivity index (χ3v) is 4.80. The van der Waals surface area contributed by atoms with Crippen molar-refractivity contribution < 1.29 is 0 Å². The van der Waals surface area contributed by atoms with E-state index in [0.29, 0.717) is 6.04 Å². The Morgan fingerprint density at radius 2 is 1.64 bits per heavy atom. The summed E-state index contributed by atoms with van der Waals surface area (Å²) in [6.45, 7) is 3.23. The molecular weight excluding hydrogens is 408 g/mol. The highest BCUT2D eigenvalue weighted by atomic mass is 79.9. The van der Waals surface area contributed by atoms with Crippen LogP contribution in [0.1, 0.15) is 18.4 Å². The van der Waals surface area contributed by atoms with E-state index in [-0.39, 0.29) is 0 Å². The molecule has 0 unspecified atom stereocenters. The first-order valence-corrected chi connectivity index (χ1v) is 8.98. The van der Waals surface area contributed by atoms with Crippen LogP contribution in [0.15, 0.2) is 45.6 Å². The summed E-state index contributed by atoms with van der Waals surface area (Å²) in [6.07, 6.45) is 5.79. The minimum Gasteiger partial charge on any atom is -0.351 e. The van der Waals surface area contributed by atoms with Crippen molar-refractivity contribution in [3.05, 3.63) is 51.2 Å². The molecule has 1 saturated heterocycles. The van der Waals surface area contributed by atoms with Gasteiger partial charge in [0.15, 0.2) is 0 Å². The third kappa shape index (κ3) is 4.51. The second kappa shape index (κ2) is 7.53. The second-order valence-corrected chi connectivity index (χ2v) is 7.38. The van der Waals surface area contributed by atoms with E-state index in [1.165, 1.54) is 5.56 Å². The van der Waals surface area contributed by atoms with Gasteiger partial charge in [-0.05, 0) is 46.5 Å². The molecule has 4 nitrogen and oxygen atoms in total. The predicted octanol–water partition coefficient (Wildman–Crippen LogP) is 4.08. The monoisotopic (exact) mass is 424 g/mol. The van der Waals surface area contributed by atoms with Crippen molar-refractivity contribution in [3.63, 3.8) is 0 Å². The van der Waals surface area contributed by atoms with E-state index in [1.54, 1.807) is 12.4 Å². The Hall–Kier alpha value is -0.980. The number of nitrogens with one attached hydrogen (secondary N) is 1. The van der Waals surface area contributed by atoms with Crippen LogP contribution in [0.5, 0.6) is 0 Å². The summed E-state index contributed by atoms with van der Waals surface area (Å²) >= 11 is 6.83. The number of hydrogen-bond donors (Lipinski definition) is 1. The lowest BCUT2D eigenvalue weighted by Gasteiger charge is -2.32. The van der Waals surface area contributed by atoms with Crippen molar-refractivity contribution in [2.24, 2.45) is 0 Å². The topological polar surface area (TPSA) is 41.0 Å². The van der Waals surface area contributed by atoms with Crippen molar-refractivity contribution >= 4 is 37.8 Å². The van der Waals surface area contributed by atoms with Gasteiger partial charge in [-0.3, -0.25) is 4.90 Å². The fraction of sp³-hybridized carbons (Fsp3) is 0.375. The molecule has 1 aromatic carbocycles. The smallest absolute Gasteiger partial charge is 0.222 e. The zero-order valence-corrected chi connectivity index (χ0v) is 15.3. The van der Waals surface area contributed by atoms with Crippen molar-refractivity contribution in [3.8, 4) is 0 Å². The molecule has 3 rings (SSSR count). The van der Waals surface area contributed by atoms with E-state index in [1.807, 2.05) is 0 Å². The average Bonchev–Trinajstić information content (AvgIpc) is 2.54. The molecule has 22 heavy (non-hydrogen) atoms. The molecule has 0 atom stereocenters. The first-order chi connectivity index (χ1) is 10.7. The van der Waals surface area contributed by atoms with Gasteiger partial charge in [-0.25, -0.2) is 9.97 Å². The van der Waals surface area contributed by atoms with E-state index in [0.717, 1.165) is 47.4 Å². The summed E-state index contributed by atoms with van der Waals surface area (Å²) < 4.78 is 2.04. The van der Waals surface area contributed by atoms with Crippen LogP contribution >= 0.6 is 31.9 Å². The summed E-state index contributed by atoms with van der Waals surface area (Å²) in [5.41, 5.74) is 1.37. The standard InChI is InChI=1S/C16H18Br2N4/c17-13-3-1-12(2-4-13)11-22-7-5-15(6-8-22)21-16-19-9-14(18)10-20-16/h1-4,9-10,15H,5-8,11H2,(H,19,20,21). The van der Waals surface area contributed by atoms with E-state index >= 15 is 0 Å². The van der Waals surface area contributed by atoms with Crippen LogP contribution in [-0.4, -0.2) is 34.0 Å². The molecule has 0 bridgehead atoms. The molecule has 1 aliphatic rings. The van der Waals surface area contributed by atoms with Crippen LogP contribution in [-0.2, 0) is 6.54 Å². The van der Waals surface area contributed by atoms with Crippen molar-refractivity contribution in [2.45, 2.75) is 25.4 Å². The van der Waals surface area contributed by atoms with Crippen LogP contribution in [0.4, 0.5) is 5.95 Å². The molecule has 2 heterocycles. The van der Waals surface area contributed by atoms with E-state index in [4.69, 9.17) is 0 Å². The van der Waals surface area contributed by atoms with Gasteiger partial charge < -0.3 is 5.32 Å². The Kier molecular flexibility index (Phi) is 5.44. The predicted molar refractivity (Wildman–Crippen MR) is 95.8 cm³/mol. The largest absolute Gasteiger partial charge is 0.351 e. The number of hydrogen-bond acceptors (Lipinski definition) is 4. The van der Waals surface area contributed by atoms with Crippen LogP contribution in [0.2, 0.25) is 0 Å². The van der Waals surface area contributed by atoms with Gasteiger partial charge in [0.2, 0.25) is 5.95 Å². The first-order valence-electron chi connectivity index (χ1n) is 7.40. The molecule has 0 amide bonds. The zero-order valence-electron chi connectivity index (χ0n) is 12.2. The number of benzene rings is 1. The van der Waals surface area contributed by atoms with Crippen molar-refractivity contribution in [1.82, 2.24) is 14.9 Å². The average molecular weight is 426 g/mol. The van der Waals surface area contributed by atoms with Gasteiger partial charge in [-0.1, -0.05) is 28.1 Å². The number of halogens is 2. The fourth-order valence-corrected chi connectivity index (χ4v) is 3.12. The molecule has 0 spiro atoms. The molecule has 6 heteroatoms. The van der Waals surface area contributed by atoms with Crippen LogP contribution in [0.25, 0.3) is 0 Å². The summed E-state index contributed by atoms with van der Waals surface area (Å²) in [6, 6.07) is 9.04. The van der Waals surface area contributed by atoms with Gasteiger partial charge in [0.25, 0.3) is 0 Å². The lowest BCUT2D eigenvalue weighted by atomic mass is 10.0. The minimum absolute atomic E-state index is 0.461. The molecule has 0 saturated carbocycles. The third-order valence-electron chi connectivity index (χ3n) is 3.86. The Balaban J connectivity index is 1.47. The molecule has 1 aliphatic heterocycles. The van der Waals surface area contributed by atoms with Crippen molar-refractivity contribution in [2.75, 3.05) is 18.4 Å². The summed E-state index contributed by atoms with van der Waals surface area (Å²) in [4.78, 5) is 11.1. The van der Waals surface area contributed by atoms with Crippen LogP contribution in [0, 0.1) is 0 Å². The van der Waals surface area contributed by atoms with Gasteiger partial charge in [0.1, 0.15) is 0 Å². The molecule has 2 aromatic rings. The Labute approximate surface area is 147 Å². The molecule has 1 N–H and O–H groups in total. The number of rotatable bonds is 4. The maximum absolute atomic E-state index is 4.28. The SMILES string of the molecule is Brc1ccc(CN2CCC(Nc3ncc(Br)cn3)CC2)cc1. The number of piperidine rings is 1. The quantitative estimate of drug-likeness (QED) is 0.801. The maximum atomic E-state index is 4.28. The van der Waals surface area contributed by atoms with E-state index in [2.05, 4.69) is 76.3 Å². The molecule has 0 radical (unpaired) electrons. The van der Waals surface area contributed by atoms with E-state index < -0.39 is 0 Å². The minimum atomic E-state index is 0.461. The van der Waals surface area contributed by atoms with Gasteiger partial charge in [0.05, 0.1) is 4.47 Å². The summed E-state index contributed by atoms with van der Waals surface area (Å²) in [7, 11) is 0. The highest BCUT2D eigenvalue weighted by Crippen LogP contribution is 2.18. The highest BCUT2D eigenvalue weighted by Gasteiger charge is 2.19. The van der Waals surface area contributed by atoms with Crippen LogP contribution < -0.4 is 5.32 Å². The fourth-order valence-electron chi connectivity index (χ4n) is 2.65. The Bertz CT molecular complexity index is 537. The molecule has 1 aromatic heterocycles. The normalized spacial score (nSPS) is 16.6.